The fraction of sp³-hybridized carbons (Fsp3) is 0.269. The van der Waals surface area contributed by atoms with E-state index in [0.717, 1.165) is 24.0 Å². The van der Waals surface area contributed by atoms with Crippen molar-refractivity contribution in [3.05, 3.63) is 76.4 Å². The lowest BCUT2D eigenvalue weighted by molar-refractivity contribution is 0.104. The number of ketones is 1. The average molecular weight is 423 g/mol. The molecule has 0 atom stereocenters. The van der Waals surface area contributed by atoms with Crippen LogP contribution in [0.2, 0.25) is 0 Å². The summed E-state index contributed by atoms with van der Waals surface area (Å²) in [5, 5.41) is 30.5. The number of carbonyl (C=O) groups excluding carboxylic acids is 1. The molecule has 0 aliphatic heterocycles. The van der Waals surface area contributed by atoms with Gasteiger partial charge in [0.2, 0.25) is 0 Å². The molecule has 0 saturated carbocycles. The fourth-order valence-corrected chi connectivity index (χ4v) is 3.08. The first-order valence-corrected chi connectivity index (χ1v) is 10.1. The zero-order valence-electron chi connectivity index (χ0n) is 18.5. The van der Waals surface area contributed by atoms with Gasteiger partial charge in [-0.2, -0.15) is 0 Å². The van der Waals surface area contributed by atoms with Gasteiger partial charge in [-0.1, -0.05) is 41.5 Å². The van der Waals surface area contributed by atoms with E-state index < -0.39 is 5.78 Å². The molecule has 164 valence electrons. The number of hydrogen-bond donors (Lipinski definition) is 3. The van der Waals surface area contributed by atoms with Gasteiger partial charge in [-0.15, -0.1) is 0 Å². The maximum Gasteiger partial charge on any atom is 0.193 e. The van der Waals surface area contributed by atoms with E-state index in [1.165, 1.54) is 37.0 Å². The molecule has 0 saturated heterocycles. The SMILES string of the molecule is COc1cc(O)c(C/C=C(\C)CCC=C(C)C)c(O)c1C(=O)/C=C/c1ccc(O)cc1. The van der Waals surface area contributed by atoms with Gasteiger partial charge in [0.1, 0.15) is 28.6 Å². The number of benzene rings is 2. The number of aromatic hydroxyl groups is 3. The zero-order chi connectivity index (χ0) is 23.0. The second kappa shape index (κ2) is 11.1. The topological polar surface area (TPSA) is 87.0 Å². The van der Waals surface area contributed by atoms with Crippen LogP contribution in [0.25, 0.3) is 6.08 Å². The van der Waals surface area contributed by atoms with Gasteiger partial charge in [-0.05, 0) is 63.8 Å². The standard InChI is InChI=1S/C26H30O5/c1-17(2)6-5-7-18(3)8-14-21-23(29)16-24(31-4)25(26(21)30)22(28)15-11-19-9-12-20(27)13-10-19/h6,8-13,15-16,27,29-30H,5,7,14H2,1-4H3/b15-11+,18-8+. The molecule has 0 radical (unpaired) electrons. The number of allylic oxidation sites excluding steroid dienone is 5. The Balaban J connectivity index is 2.29. The van der Waals surface area contributed by atoms with Gasteiger partial charge in [0.25, 0.3) is 0 Å². The smallest absolute Gasteiger partial charge is 0.193 e. The number of carbonyl (C=O) groups is 1. The predicted molar refractivity (Wildman–Crippen MR) is 124 cm³/mol. The summed E-state index contributed by atoms with van der Waals surface area (Å²) in [6.45, 7) is 6.12. The van der Waals surface area contributed by atoms with Crippen LogP contribution in [0.3, 0.4) is 0 Å². The summed E-state index contributed by atoms with van der Waals surface area (Å²) in [5.74, 6) is -0.626. The fourth-order valence-electron chi connectivity index (χ4n) is 3.08. The number of ether oxygens (including phenoxy) is 1. The summed E-state index contributed by atoms with van der Waals surface area (Å²) in [4.78, 5) is 12.8. The minimum Gasteiger partial charge on any atom is -0.508 e. The summed E-state index contributed by atoms with van der Waals surface area (Å²) < 4.78 is 5.22. The summed E-state index contributed by atoms with van der Waals surface area (Å²) in [6, 6.07) is 7.73. The lowest BCUT2D eigenvalue weighted by Gasteiger charge is -2.14. The summed E-state index contributed by atoms with van der Waals surface area (Å²) >= 11 is 0. The Kier molecular flexibility index (Phi) is 8.50. The van der Waals surface area contributed by atoms with Crippen LogP contribution in [-0.4, -0.2) is 28.2 Å². The third kappa shape index (κ3) is 6.78. The van der Waals surface area contributed by atoms with E-state index in [1.807, 2.05) is 13.0 Å². The molecule has 0 heterocycles. The van der Waals surface area contributed by atoms with E-state index in [-0.39, 0.29) is 34.1 Å². The highest BCUT2D eigenvalue weighted by molar-refractivity contribution is 6.11. The lowest BCUT2D eigenvalue weighted by Crippen LogP contribution is -2.02. The predicted octanol–water partition coefficient (Wildman–Crippen LogP) is 5.94. The van der Waals surface area contributed by atoms with Crippen LogP contribution in [0.1, 0.15) is 55.1 Å². The number of methoxy groups -OCH3 is 1. The van der Waals surface area contributed by atoms with Crippen molar-refractivity contribution in [1.82, 2.24) is 0 Å². The highest BCUT2D eigenvalue weighted by atomic mass is 16.5. The summed E-state index contributed by atoms with van der Waals surface area (Å²) in [6.07, 6.45) is 9.12. The average Bonchev–Trinajstić information content (AvgIpc) is 2.72. The van der Waals surface area contributed by atoms with Crippen molar-refractivity contribution in [2.45, 2.75) is 40.0 Å². The maximum atomic E-state index is 12.8. The van der Waals surface area contributed by atoms with E-state index in [9.17, 15) is 20.1 Å². The number of hydrogen-bond acceptors (Lipinski definition) is 5. The molecule has 0 aliphatic rings. The van der Waals surface area contributed by atoms with Crippen LogP contribution in [0, 0.1) is 0 Å². The Hall–Kier alpha value is -3.47. The number of rotatable bonds is 9. The van der Waals surface area contributed by atoms with Gasteiger partial charge < -0.3 is 20.1 Å². The Labute approximate surface area is 183 Å². The van der Waals surface area contributed by atoms with Crippen LogP contribution < -0.4 is 4.74 Å². The molecule has 2 aromatic carbocycles. The molecule has 0 unspecified atom stereocenters. The first-order chi connectivity index (χ1) is 14.7. The molecule has 0 aromatic heterocycles. The quantitative estimate of drug-likeness (QED) is 0.264. The van der Waals surface area contributed by atoms with Crippen molar-refractivity contribution in [3.63, 3.8) is 0 Å². The van der Waals surface area contributed by atoms with Crippen molar-refractivity contribution >= 4 is 11.9 Å². The zero-order valence-corrected chi connectivity index (χ0v) is 18.5. The van der Waals surface area contributed by atoms with Crippen LogP contribution in [-0.2, 0) is 6.42 Å². The first-order valence-electron chi connectivity index (χ1n) is 10.1. The molecule has 0 bridgehead atoms. The minimum atomic E-state index is -0.451. The highest BCUT2D eigenvalue weighted by Gasteiger charge is 2.21. The van der Waals surface area contributed by atoms with E-state index in [1.54, 1.807) is 18.2 Å². The Morgan fingerprint density at radius 1 is 1.03 bits per heavy atom. The van der Waals surface area contributed by atoms with Gasteiger partial charge in [-0.25, -0.2) is 0 Å². The molecule has 0 spiro atoms. The molecule has 3 N–H and O–H groups in total. The van der Waals surface area contributed by atoms with E-state index in [0.29, 0.717) is 6.42 Å². The van der Waals surface area contributed by atoms with E-state index >= 15 is 0 Å². The third-order valence-corrected chi connectivity index (χ3v) is 4.88. The van der Waals surface area contributed by atoms with E-state index in [4.69, 9.17) is 4.74 Å². The van der Waals surface area contributed by atoms with E-state index in [2.05, 4.69) is 19.9 Å². The molecule has 0 fully saturated rings. The molecule has 31 heavy (non-hydrogen) atoms. The summed E-state index contributed by atoms with van der Waals surface area (Å²) in [5.41, 5.74) is 3.40. The largest absolute Gasteiger partial charge is 0.508 e. The lowest BCUT2D eigenvalue weighted by atomic mass is 9.98. The Morgan fingerprint density at radius 3 is 2.32 bits per heavy atom. The van der Waals surface area contributed by atoms with Crippen molar-refractivity contribution in [2.75, 3.05) is 7.11 Å². The molecule has 0 amide bonds. The van der Waals surface area contributed by atoms with Gasteiger partial charge in [-0.3, -0.25) is 4.79 Å². The normalized spacial score (nSPS) is 11.5. The van der Waals surface area contributed by atoms with Crippen molar-refractivity contribution in [1.29, 1.82) is 0 Å². The molecular formula is C26H30O5. The highest BCUT2D eigenvalue weighted by Crippen LogP contribution is 2.39. The van der Waals surface area contributed by atoms with Crippen molar-refractivity contribution in [2.24, 2.45) is 0 Å². The summed E-state index contributed by atoms with van der Waals surface area (Å²) in [7, 11) is 1.38. The van der Waals surface area contributed by atoms with Crippen molar-refractivity contribution < 1.29 is 24.9 Å². The molecule has 2 aromatic rings. The molecular weight excluding hydrogens is 392 g/mol. The second-order valence-corrected chi connectivity index (χ2v) is 7.66. The Bertz CT molecular complexity index is 1010. The van der Waals surface area contributed by atoms with Crippen LogP contribution >= 0.6 is 0 Å². The number of phenols is 3. The maximum absolute atomic E-state index is 12.8. The van der Waals surface area contributed by atoms with Gasteiger partial charge in [0.15, 0.2) is 5.78 Å². The first kappa shape index (κ1) is 23.8. The van der Waals surface area contributed by atoms with Crippen LogP contribution in [0.4, 0.5) is 0 Å². The molecule has 5 heteroatoms. The van der Waals surface area contributed by atoms with Gasteiger partial charge >= 0.3 is 0 Å². The van der Waals surface area contributed by atoms with Gasteiger partial charge in [0, 0.05) is 11.6 Å². The number of phenolic OH excluding ortho intramolecular Hbond substituents is 3. The molecule has 5 nitrogen and oxygen atoms in total. The monoisotopic (exact) mass is 422 g/mol. The van der Waals surface area contributed by atoms with Gasteiger partial charge in [0.05, 0.1) is 7.11 Å². The minimum absolute atomic E-state index is 0.000854. The molecule has 2 rings (SSSR count). The third-order valence-electron chi connectivity index (χ3n) is 4.88. The molecule has 0 aliphatic carbocycles. The Morgan fingerprint density at radius 2 is 1.71 bits per heavy atom. The second-order valence-electron chi connectivity index (χ2n) is 7.66. The van der Waals surface area contributed by atoms with Crippen molar-refractivity contribution in [3.8, 4) is 23.0 Å². The van der Waals surface area contributed by atoms with Crippen LogP contribution in [0.5, 0.6) is 23.0 Å². The van der Waals surface area contributed by atoms with Crippen LogP contribution in [0.15, 0.2) is 59.7 Å².